The summed E-state index contributed by atoms with van der Waals surface area (Å²) in [4.78, 5) is 0. The van der Waals surface area contributed by atoms with Gasteiger partial charge in [-0.1, -0.05) is 145 Å². The normalized spacial score (nSPS) is 18.1. The van der Waals surface area contributed by atoms with Crippen LogP contribution in [0.15, 0.2) is 174 Å². The van der Waals surface area contributed by atoms with E-state index in [4.69, 9.17) is 20.9 Å². The molecule has 0 unspecified atom stereocenters. The molecule has 0 radical (unpaired) electrons. The Bertz CT molecular complexity index is 3930. The number of hydrogen-bond donors (Lipinski definition) is 0. The van der Waals surface area contributed by atoms with Gasteiger partial charge in [0.25, 0.3) is 0 Å². The zero-order chi connectivity index (χ0) is 49.2. The van der Waals surface area contributed by atoms with E-state index in [0.717, 1.165) is 0 Å². The van der Waals surface area contributed by atoms with Crippen LogP contribution in [0.2, 0.25) is 0 Å². The fourth-order valence-corrected chi connectivity index (χ4v) is 6.34. The molecule has 0 aliphatic heterocycles. The van der Waals surface area contributed by atoms with Crippen molar-refractivity contribution in [3.8, 4) is 33.4 Å². The van der Waals surface area contributed by atoms with E-state index >= 15 is 0 Å². The van der Waals surface area contributed by atoms with Gasteiger partial charge < -0.3 is 4.42 Å². The Balaban J connectivity index is 1.49. The minimum atomic E-state index is -0.832. The molecule has 0 aliphatic rings. The summed E-state index contributed by atoms with van der Waals surface area (Å²) in [7, 11) is 0. The highest BCUT2D eigenvalue weighted by Crippen LogP contribution is 2.48. The van der Waals surface area contributed by atoms with E-state index in [9.17, 15) is 12.3 Å². The average Bonchev–Trinajstić information content (AvgIpc) is 3.72. The molecule has 0 amide bonds. The Labute approximate surface area is 301 Å². The number of furan rings is 1. The van der Waals surface area contributed by atoms with Gasteiger partial charge in [0, 0.05) is 16.2 Å². The van der Waals surface area contributed by atoms with Crippen LogP contribution in [0.1, 0.15) is 28.8 Å². The van der Waals surface area contributed by atoms with Gasteiger partial charge in [-0.05, 0) is 95.3 Å². The lowest BCUT2D eigenvalue weighted by Gasteiger charge is -2.19. The van der Waals surface area contributed by atoms with Crippen molar-refractivity contribution in [3.05, 3.63) is 169 Å². The summed E-state index contributed by atoms with van der Waals surface area (Å²) in [6, 6.07) is -3.74. The van der Waals surface area contributed by atoms with Crippen molar-refractivity contribution in [2.24, 2.45) is 0 Å². The van der Waals surface area contributed by atoms with Crippen molar-refractivity contribution in [2.45, 2.75) is 0 Å². The molecule has 0 N–H and O–H groups in total. The summed E-state index contributed by atoms with van der Waals surface area (Å²) in [6.45, 7) is 0. The third kappa shape index (κ3) is 3.90. The minimum Gasteiger partial charge on any atom is -0.455 e. The molecule has 9 aromatic carbocycles. The summed E-state index contributed by atoms with van der Waals surface area (Å²) in [5, 5.41) is -1.73. The van der Waals surface area contributed by atoms with Crippen LogP contribution in [0, 0.1) is 0 Å². The maximum absolute atomic E-state index is 9.58. The molecule has 0 spiro atoms. The van der Waals surface area contributed by atoms with Crippen molar-refractivity contribution in [1.82, 2.24) is 0 Å². The molecular formula is C46H28O. The van der Waals surface area contributed by atoms with Crippen LogP contribution in [0.25, 0.3) is 98.4 Å². The molecular weight excluding hydrogens is 569 g/mol. The molecule has 1 heteroatoms. The van der Waals surface area contributed by atoms with Crippen molar-refractivity contribution in [3.63, 3.8) is 0 Å². The molecule has 10 rings (SSSR count). The molecule has 0 atom stereocenters. The number of rotatable bonds is 3. The third-order valence-corrected chi connectivity index (χ3v) is 8.31. The van der Waals surface area contributed by atoms with Crippen LogP contribution in [0.4, 0.5) is 0 Å². The second-order valence-electron chi connectivity index (χ2n) is 10.8. The molecule has 10 aromatic rings. The Morgan fingerprint density at radius 1 is 0.404 bits per heavy atom. The summed E-state index contributed by atoms with van der Waals surface area (Å²) in [6.07, 6.45) is 0. The minimum absolute atomic E-state index is 0.00193. The van der Waals surface area contributed by atoms with E-state index in [1.54, 1.807) is 42.5 Å². The molecule has 0 saturated heterocycles. The molecule has 0 aliphatic carbocycles. The van der Waals surface area contributed by atoms with Crippen LogP contribution in [-0.2, 0) is 0 Å². The largest absolute Gasteiger partial charge is 0.455 e. The van der Waals surface area contributed by atoms with Gasteiger partial charge in [-0.25, -0.2) is 0 Å². The summed E-state index contributed by atoms with van der Waals surface area (Å²) < 4.78 is 196. The fraction of sp³-hybridized carbons (Fsp3) is 0. The summed E-state index contributed by atoms with van der Waals surface area (Å²) >= 11 is 0. The van der Waals surface area contributed by atoms with Gasteiger partial charge >= 0.3 is 0 Å². The highest BCUT2D eigenvalue weighted by atomic mass is 16.3. The second-order valence-corrected chi connectivity index (χ2v) is 10.8. The first-order valence-electron chi connectivity index (χ1n) is 25.0. The quantitative estimate of drug-likeness (QED) is 0.180. The number of hydrogen-bond acceptors (Lipinski definition) is 1. The van der Waals surface area contributed by atoms with Gasteiger partial charge in [0.1, 0.15) is 11.2 Å². The molecule has 47 heavy (non-hydrogen) atoms. The number of fused-ring (bicyclic) bond motifs is 8. The molecule has 0 bridgehead atoms. The molecule has 1 aromatic heterocycles. The zero-order valence-electron chi connectivity index (χ0n) is 44.9. The molecule has 218 valence electrons. The monoisotopic (exact) mass is 617 g/mol. The van der Waals surface area contributed by atoms with Gasteiger partial charge in [-0.3, -0.25) is 0 Å². The van der Waals surface area contributed by atoms with Gasteiger partial charge in [0.15, 0.2) is 0 Å². The highest BCUT2D eigenvalue weighted by molar-refractivity contribution is 6.28. The van der Waals surface area contributed by atoms with E-state index in [1.165, 1.54) is 0 Å². The Morgan fingerprint density at radius 3 is 1.83 bits per heavy atom. The van der Waals surface area contributed by atoms with Crippen LogP contribution < -0.4 is 0 Å². The molecule has 0 saturated carbocycles. The Morgan fingerprint density at radius 2 is 1.06 bits per heavy atom. The lowest BCUT2D eigenvalue weighted by atomic mass is 9.84. The van der Waals surface area contributed by atoms with E-state index in [2.05, 4.69) is 0 Å². The van der Waals surface area contributed by atoms with Gasteiger partial charge in [0.05, 0.1) is 28.8 Å². The van der Waals surface area contributed by atoms with Crippen LogP contribution in [0.5, 0.6) is 0 Å². The van der Waals surface area contributed by atoms with E-state index in [0.29, 0.717) is 16.3 Å². The standard InChI is InChI=1S/C46H28O/c1-2-12-29(13-3-1)31-24-26-34-32(28-31)25-27-41-45-40(22-11-23-42(45)47-46(34)41)44-38-19-8-6-17-36(38)43(37-18-7-9-20-39(37)44)35-21-10-15-30-14-4-5-16-33(30)35/h1-28H/i1D,2D,3D,6D,7D,8D,9D,11D,12D,13D,17D,18D,19D,20D,22D,23D,24D,25D,26D,27D,28D. The van der Waals surface area contributed by atoms with Crippen LogP contribution in [0.3, 0.4) is 0 Å². The first-order valence-corrected chi connectivity index (χ1v) is 14.5. The Hall–Kier alpha value is -6.18. The van der Waals surface area contributed by atoms with Crippen molar-refractivity contribution < 1.29 is 33.2 Å². The maximum Gasteiger partial charge on any atom is 0.143 e. The highest BCUT2D eigenvalue weighted by Gasteiger charge is 2.21. The van der Waals surface area contributed by atoms with Crippen molar-refractivity contribution in [1.29, 1.82) is 0 Å². The smallest absolute Gasteiger partial charge is 0.143 e. The molecule has 1 nitrogen and oxygen atoms in total. The van der Waals surface area contributed by atoms with Gasteiger partial charge in [-0.2, -0.15) is 0 Å². The predicted molar refractivity (Wildman–Crippen MR) is 200 cm³/mol. The predicted octanol–water partition coefficient (Wildman–Crippen LogP) is 13.2. The van der Waals surface area contributed by atoms with Crippen LogP contribution >= 0.6 is 0 Å². The van der Waals surface area contributed by atoms with Crippen molar-refractivity contribution >= 4 is 65.0 Å². The summed E-state index contributed by atoms with van der Waals surface area (Å²) in [5.41, 5.74) is -2.84. The second kappa shape index (κ2) is 10.2. The summed E-state index contributed by atoms with van der Waals surface area (Å²) in [5.74, 6) is 0. The van der Waals surface area contributed by atoms with Crippen molar-refractivity contribution in [2.75, 3.05) is 0 Å². The van der Waals surface area contributed by atoms with E-state index in [1.807, 2.05) is 0 Å². The fourth-order valence-electron chi connectivity index (χ4n) is 6.34. The van der Waals surface area contributed by atoms with Gasteiger partial charge in [-0.15, -0.1) is 0 Å². The lowest BCUT2D eigenvalue weighted by Crippen LogP contribution is -1.92. The zero-order valence-corrected chi connectivity index (χ0v) is 23.9. The third-order valence-electron chi connectivity index (χ3n) is 8.31. The first kappa shape index (κ1) is 12.9. The number of benzene rings is 9. The van der Waals surface area contributed by atoms with Crippen LogP contribution in [-0.4, -0.2) is 0 Å². The maximum atomic E-state index is 9.58. The Kier molecular flexibility index (Phi) is 2.79. The topological polar surface area (TPSA) is 13.1 Å². The van der Waals surface area contributed by atoms with Gasteiger partial charge in [0.2, 0.25) is 0 Å². The SMILES string of the molecule is [2H]c1c([2H])c([2H])c(-c2c([2H])c([2H])c3c(c2[2H])c([2H])c([2H])c2c3oc3c([2H])c([2H])c([2H])c(-c4c5c([2H])c([2H])c([2H])c([2H])c5c(-c5cccc6ccccc56)c5c([2H])c([2H])c([2H])c([2H])c45)c32)c([2H])c1[2H]. The first-order chi connectivity index (χ1) is 32.1. The molecule has 1 heterocycles. The average molecular weight is 618 g/mol. The van der Waals surface area contributed by atoms with E-state index in [-0.39, 0.29) is 32.5 Å². The van der Waals surface area contributed by atoms with E-state index < -0.39 is 176 Å². The molecule has 0 fully saturated rings. The lowest BCUT2D eigenvalue weighted by molar-refractivity contribution is 0.673.